The molecular weight excluding hydrogens is 402 g/mol. The minimum atomic E-state index is -0.603. The first-order chi connectivity index (χ1) is 14.4. The molecule has 2 aromatic carbocycles. The molecule has 0 amide bonds. The van der Waals surface area contributed by atoms with Gasteiger partial charge in [0.1, 0.15) is 16.7 Å². The van der Waals surface area contributed by atoms with Crippen LogP contribution in [-0.2, 0) is 0 Å². The summed E-state index contributed by atoms with van der Waals surface area (Å²) in [5.41, 5.74) is 2.43. The molecule has 0 fully saturated rings. The molecule has 0 atom stereocenters. The van der Waals surface area contributed by atoms with Gasteiger partial charge in [0, 0.05) is 22.9 Å². The summed E-state index contributed by atoms with van der Waals surface area (Å²) in [6.07, 6.45) is 1.73. The third-order valence-corrected chi connectivity index (χ3v) is 5.32. The smallest absolute Gasteiger partial charge is 0.345 e. The molecule has 0 spiro atoms. The number of aryl methyl sites for hydroxylation is 1. The summed E-state index contributed by atoms with van der Waals surface area (Å²) in [6.45, 7) is 1.98. The molecule has 8 heteroatoms. The monoisotopic (exact) mass is 415 g/mol. The van der Waals surface area contributed by atoms with Crippen LogP contribution in [0.1, 0.15) is 16.1 Å². The Hall–Kier alpha value is -4.09. The number of nitrogens with zero attached hydrogens (tertiary/aromatic N) is 3. The quantitative estimate of drug-likeness (QED) is 0.196. The van der Waals surface area contributed by atoms with E-state index < -0.39 is 10.5 Å². The average Bonchev–Trinajstić information content (AvgIpc) is 3.22. The second-order valence-electron chi connectivity index (χ2n) is 6.55. The fourth-order valence-corrected chi connectivity index (χ4v) is 3.68. The van der Waals surface area contributed by atoms with Crippen LogP contribution < -0.4 is 5.63 Å². The minimum Gasteiger partial charge on any atom is -0.422 e. The van der Waals surface area contributed by atoms with Crippen molar-refractivity contribution < 1.29 is 9.34 Å². The summed E-state index contributed by atoms with van der Waals surface area (Å²) in [5.74, 6) is 0. The number of nitro groups is 1. The summed E-state index contributed by atoms with van der Waals surface area (Å²) in [6, 6.07) is 15.4. The van der Waals surface area contributed by atoms with Crippen molar-refractivity contribution in [2.75, 3.05) is 0 Å². The van der Waals surface area contributed by atoms with E-state index in [-0.39, 0.29) is 16.8 Å². The van der Waals surface area contributed by atoms with Gasteiger partial charge < -0.3 is 4.42 Å². The number of allylic oxidation sites excluding steroid dienone is 1. The zero-order valence-corrected chi connectivity index (χ0v) is 16.5. The van der Waals surface area contributed by atoms with Crippen LogP contribution in [0.4, 0.5) is 5.69 Å². The maximum atomic E-state index is 12.4. The van der Waals surface area contributed by atoms with Gasteiger partial charge in [-0.3, -0.25) is 10.1 Å². The van der Waals surface area contributed by atoms with E-state index in [4.69, 9.17) is 4.42 Å². The zero-order valence-electron chi connectivity index (χ0n) is 15.7. The highest BCUT2D eigenvalue weighted by Crippen LogP contribution is 2.28. The molecule has 0 aliphatic rings. The van der Waals surface area contributed by atoms with Gasteiger partial charge in [-0.25, -0.2) is 9.78 Å². The van der Waals surface area contributed by atoms with E-state index in [2.05, 4.69) is 11.1 Å². The minimum absolute atomic E-state index is 0.103. The van der Waals surface area contributed by atoms with E-state index in [1.807, 2.05) is 31.2 Å². The van der Waals surface area contributed by atoms with Gasteiger partial charge in [0.25, 0.3) is 5.69 Å². The SMILES string of the molecule is Cc1ccc(C=C(C#N)c2nc(-c3cc4cc([N+](=O)[O-])ccc4oc3=O)cs2)cc1. The van der Waals surface area contributed by atoms with E-state index in [0.29, 0.717) is 21.7 Å². The fraction of sp³-hybridized carbons (Fsp3) is 0.0455. The maximum Gasteiger partial charge on any atom is 0.345 e. The standard InChI is InChI=1S/C22H13N3O4S/c1-13-2-4-14(5-3-13)8-16(11-23)21-24-19(12-30-21)18-10-15-9-17(25(27)28)6-7-20(15)29-22(18)26/h2-10,12H,1H3. The molecule has 0 saturated carbocycles. The van der Waals surface area contributed by atoms with Crippen LogP contribution in [-0.4, -0.2) is 9.91 Å². The van der Waals surface area contributed by atoms with Crippen LogP contribution in [0.2, 0.25) is 0 Å². The van der Waals surface area contributed by atoms with Gasteiger partial charge in [-0.15, -0.1) is 11.3 Å². The number of benzene rings is 2. The second-order valence-corrected chi connectivity index (χ2v) is 7.40. The van der Waals surface area contributed by atoms with Crippen LogP contribution in [0.15, 0.2) is 63.1 Å². The van der Waals surface area contributed by atoms with Crippen LogP contribution >= 0.6 is 11.3 Å². The third kappa shape index (κ3) is 3.74. The van der Waals surface area contributed by atoms with Crippen molar-refractivity contribution in [2.24, 2.45) is 0 Å². The number of rotatable bonds is 4. The van der Waals surface area contributed by atoms with E-state index in [0.717, 1.165) is 11.1 Å². The first-order valence-corrected chi connectivity index (χ1v) is 9.69. The van der Waals surface area contributed by atoms with E-state index >= 15 is 0 Å². The first kappa shape index (κ1) is 19.2. The average molecular weight is 415 g/mol. The Balaban J connectivity index is 1.75. The molecule has 146 valence electrons. The predicted octanol–water partition coefficient (Wildman–Crippen LogP) is 5.20. The van der Waals surface area contributed by atoms with E-state index in [9.17, 15) is 20.2 Å². The lowest BCUT2D eigenvalue weighted by Gasteiger charge is -2.00. The van der Waals surface area contributed by atoms with E-state index in [1.165, 1.54) is 35.6 Å². The second kappa shape index (κ2) is 7.73. The number of fused-ring (bicyclic) bond motifs is 1. The summed E-state index contributed by atoms with van der Waals surface area (Å²) >= 11 is 1.23. The topological polar surface area (TPSA) is 110 Å². The number of hydrogen-bond donors (Lipinski definition) is 0. The zero-order chi connectivity index (χ0) is 21.3. The summed E-state index contributed by atoms with van der Waals surface area (Å²) < 4.78 is 5.29. The molecule has 7 nitrogen and oxygen atoms in total. The van der Waals surface area contributed by atoms with Gasteiger partial charge in [-0.2, -0.15) is 5.26 Å². The Morgan fingerprint density at radius 2 is 2.00 bits per heavy atom. The molecule has 0 saturated heterocycles. The van der Waals surface area contributed by atoms with Crippen molar-refractivity contribution in [3.8, 4) is 17.3 Å². The molecule has 0 aliphatic carbocycles. The third-order valence-electron chi connectivity index (χ3n) is 4.45. The lowest BCUT2D eigenvalue weighted by molar-refractivity contribution is -0.384. The van der Waals surface area contributed by atoms with Crippen LogP contribution in [0.25, 0.3) is 33.9 Å². The van der Waals surface area contributed by atoms with Crippen LogP contribution in [0, 0.1) is 28.4 Å². The number of hydrogen-bond acceptors (Lipinski definition) is 7. The van der Waals surface area contributed by atoms with Crippen molar-refractivity contribution in [3.63, 3.8) is 0 Å². The molecule has 0 radical (unpaired) electrons. The summed E-state index contributed by atoms with van der Waals surface area (Å²) in [5, 5.41) is 23.1. The van der Waals surface area contributed by atoms with Crippen molar-refractivity contribution in [2.45, 2.75) is 6.92 Å². The molecule has 2 heterocycles. The highest BCUT2D eigenvalue weighted by Gasteiger charge is 2.15. The molecule has 0 N–H and O–H groups in total. The Morgan fingerprint density at radius 3 is 2.70 bits per heavy atom. The molecule has 2 aromatic heterocycles. The van der Waals surface area contributed by atoms with Gasteiger partial charge in [0.15, 0.2) is 0 Å². The Labute approximate surface area is 174 Å². The number of nitro benzene ring substituents is 1. The molecular formula is C22H13N3O4S. The molecule has 4 aromatic rings. The van der Waals surface area contributed by atoms with Gasteiger partial charge in [0.2, 0.25) is 0 Å². The van der Waals surface area contributed by atoms with Crippen molar-refractivity contribution in [1.82, 2.24) is 4.98 Å². The number of nitriles is 1. The van der Waals surface area contributed by atoms with Crippen LogP contribution in [0.3, 0.4) is 0 Å². The molecule has 30 heavy (non-hydrogen) atoms. The lowest BCUT2D eigenvalue weighted by Crippen LogP contribution is -2.03. The Morgan fingerprint density at radius 1 is 1.23 bits per heavy atom. The first-order valence-electron chi connectivity index (χ1n) is 8.81. The van der Waals surface area contributed by atoms with Gasteiger partial charge in [-0.05, 0) is 30.7 Å². The summed E-state index contributed by atoms with van der Waals surface area (Å²) in [7, 11) is 0. The number of aromatic nitrogens is 1. The molecule has 0 bridgehead atoms. The highest BCUT2D eigenvalue weighted by molar-refractivity contribution is 7.11. The number of thiazole rings is 1. The van der Waals surface area contributed by atoms with Crippen molar-refractivity contribution in [1.29, 1.82) is 5.26 Å². The Bertz CT molecular complexity index is 1410. The van der Waals surface area contributed by atoms with Gasteiger partial charge in [-0.1, -0.05) is 29.8 Å². The molecule has 4 rings (SSSR count). The van der Waals surface area contributed by atoms with Gasteiger partial charge in [0.05, 0.1) is 21.8 Å². The predicted molar refractivity (Wildman–Crippen MR) is 115 cm³/mol. The van der Waals surface area contributed by atoms with E-state index in [1.54, 1.807) is 11.5 Å². The summed E-state index contributed by atoms with van der Waals surface area (Å²) in [4.78, 5) is 27.3. The fourth-order valence-electron chi connectivity index (χ4n) is 2.90. The van der Waals surface area contributed by atoms with Gasteiger partial charge >= 0.3 is 5.63 Å². The number of non-ortho nitro benzene ring substituents is 1. The normalized spacial score (nSPS) is 11.4. The van der Waals surface area contributed by atoms with Crippen LogP contribution in [0.5, 0.6) is 0 Å². The maximum absolute atomic E-state index is 12.4. The Kier molecular flexibility index (Phi) is 4.96. The lowest BCUT2D eigenvalue weighted by atomic mass is 10.1. The largest absolute Gasteiger partial charge is 0.422 e. The van der Waals surface area contributed by atoms with Crippen molar-refractivity contribution in [3.05, 3.63) is 90.6 Å². The molecule has 0 aliphatic heterocycles. The highest BCUT2D eigenvalue weighted by atomic mass is 32.1. The molecule has 0 unspecified atom stereocenters. The van der Waals surface area contributed by atoms with Crippen molar-refractivity contribution >= 4 is 39.6 Å².